The van der Waals surface area contributed by atoms with E-state index in [0.29, 0.717) is 29.1 Å². The summed E-state index contributed by atoms with van der Waals surface area (Å²) < 4.78 is 3.79. The Bertz CT molecular complexity index is 637. The van der Waals surface area contributed by atoms with Crippen molar-refractivity contribution in [1.82, 2.24) is 9.59 Å². The van der Waals surface area contributed by atoms with Crippen molar-refractivity contribution in [2.24, 2.45) is 0 Å². The molecule has 6 nitrogen and oxygen atoms in total. The van der Waals surface area contributed by atoms with Gasteiger partial charge in [0.1, 0.15) is 4.88 Å². The van der Waals surface area contributed by atoms with Crippen molar-refractivity contribution in [3.63, 3.8) is 0 Å². The lowest BCUT2D eigenvalue weighted by molar-refractivity contribution is -0.136. The van der Waals surface area contributed by atoms with Gasteiger partial charge in [0.05, 0.1) is 5.69 Å². The zero-order chi connectivity index (χ0) is 15.2. The fraction of sp³-hybridized carbons (Fsp3) is 0.286. The first kappa shape index (κ1) is 15.1. The Morgan fingerprint density at radius 2 is 2.00 bits per heavy atom. The molecule has 1 amide bonds. The van der Waals surface area contributed by atoms with Gasteiger partial charge >= 0.3 is 5.97 Å². The number of aryl methyl sites for hydroxylation is 2. The maximum Gasteiger partial charge on any atom is 0.303 e. The zero-order valence-electron chi connectivity index (χ0n) is 11.5. The zero-order valence-corrected chi connectivity index (χ0v) is 12.3. The smallest absolute Gasteiger partial charge is 0.303 e. The highest BCUT2D eigenvalue weighted by Gasteiger charge is 2.14. The molecule has 0 aliphatic rings. The third-order valence-corrected chi connectivity index (χ3v) is 3.70. The van der Waals surface area contributed by atoms with Crippen LogP contribution >= 0.6 is 11.5 Å². The normalized spacial score (nSPS) is 10.3. The van der Waals surface area contributed by atoms with E-state index >= 15 is 0 Å². The molecule has 2 rings (SSSR count). The van der Waals surface area contributed by atoms with Crippen molar-refractivity contribution in [3.05, 3.63) is 40.4 Å². The highest BCUT2D eigenvalue weighted by atomic mass is 32.1. The summed E-state index contributed by atoms with van der Waals surface area (Å²) in [6.07, 6.45) is 1.23. The number of hydrogen-bond donors (Lipinski definition) is 2. The standard InChI is InChI=1S/C14H15N3O3S/c1-2-11-13(21-17-16-11)14(20)15-10-6-3-9(4-7-10)5-8-12(18)19/h3-4,6-7H,2,5,8H2,1H3,(H,15,20)(H,18,19). The Morgan fingerprint density at radius 3 is 2.62 bits per heavy atom. The number of nitrogens with one attached hydrogen (secondary N) is 1. The molecule has 7 heteroatoms. The van der Waals surface area contributed by atoms with E-state index in [1.165, 1.54) is 0 Å². The van der Waals surface area contributed by atoms with Gasteiger partial charge in [0.2, 0.25) is 0 Å². The van der Waals surface area contributed by atoms with Gasteiger partial charge in [-0.15, -0.1) is 5.10 Å². The minimum absolute atomic E-state index is 0.0953. The molecule has 1 heterocycles. The van der Waals surface area contributed by atoms with E-state index in [0.717, 1.165) is 17.1 Å². The Kier molecular flexibility index (Phi) is 4.99. The maximum atomic E-state index is 12.1. The molecule has 0 bridgehead atoms. The molecule has 2 N–H and O–H groups in total. The summed E-state index contributed by atoms with van der Waals surface area (Å²) >= 11 is 1.08. The average Bonchev–Trinajstić information content (AvgIpc) is 2.95. The van der Waals surface area contributed by atoms with Crippen molar-refractivity contribution in [2.75, 3.05) is 5.32 Å². The van der Waals surface area contributed by atoms with Gasteiger partial charge in [-0.3, -0.25) is 9.59 Å². The van der Waals surface area contributed by atoms with E-state index < -0.39 is 5.97 Å². The molecule has 0 unspecified atom stereocenters. The molecule has 110 valence electrons. The van der Waals surface area contributed by atoms with Crippen molar-refractivity contribution < 1.29 is 14.7 Å². The van der Waals surface area contributed by atoms with Gasteiger partial charge in [0, 0.05) is 12.1 Å². The molecule has 0 saturated carbocycles. The number of anilines is 1. The highest BCUT2D eigenvalue weighted by molar-refractivity contribution is 7.08. The van der Waals surface area contributed by atoms with Crippen LogP contribution in [0, 0.1) is 0 Å². The van der Waals surface area contributed by atoms with Gasteiger partial charge < -0.3 is 10.4 Å². The summed E-state index contributed by atoms with van der Waals surface area (Å²) in [4.78, 5) is 23.1. The molecular formula is C14H15N3O3S. The van der Waals surface area contributed by atoms with Crippen LogP contribution in [0.4, 0.5) is 5.69 Å². The van der Waals surface area contributed by atoms with Gasteiger partial charge in [-0.1, -0.05) is 23.5 Å². The summed E-state index contributed by atoms with van der Waals surface area (Å²) in [7, 11) is 0. The van der Waals surface area contributed by atoms with Crippen molar-refractivity contribution in [1.29, 1.82) is 0 Å². The van der Waals surface area contributed by atoms with E-state index in [2.05, 4.69) is 14.9 Å². The first-order valence-electron chi connectivity index (χ1n) is 6.53. The summed E-state index contributed by atoms with van der Waals surface area (Å²) in [5, 5.41) is 15.3. The van der Waals surface area contributed by atoms with Crippen LogP contribution in [-0.2, 0) is 17.6 Å². The van der Waals surface area contributed by atoms with Crippen LogP contribution in [0.2, 0.25) is 0 Å². The first-order valence-corrected chi connectivity index (χ1v) is 7.30. The van der Waals surface area contributed by atoms with Gasteiger partial charge in [0.25, 0.3) is 5.91 Å². The number of carbonyl (C=O) groups excluding carboxylic acids is 1. The molecule has 0 fully saturated rings. The lowest BCUT2D eigenvalue weighted by atomic mass is 10.1. The van der Waals surface area contributed by atoms with Crippen LogP contribution in [0.15, 0.2) is 24.3 Å². The van der Waals surface area contributed by atoms with Crippen LogP contribution in [0.5, 0.6) is 0 Å². The lowest BCUT2D eigenvalue weighted by Crippen LogP contribution is -2.12. The second kappa shape index (κ2) is 6.94. The van der Waals surface area contributed by atoms with Crippen LogP contribution in [-0.4, -0.2) is 26.6 Å². The number of rotatable bonds is 6. The Morgan fingerprint density at radius 1 is 1.29 bits per heavy atom. The van der Waals surface area contributed by atoms with Gasteiger partial charge in [-0.25, -0.2) is 0 Å². The van der Waals surface area contributed by atoms with Crippen LogP contribution in [0.1, 0.15) is 34.3 Å². The molecule has 1 aromatic carbocycles. The number of benzene rings is 1. The third kappa shape index (κ3) is 4.09. The largest absolute Gasteiger partial charge is 0.481 e. The SMILES string of the molecule is CCc1nnsc1C(=O)Nc1ccc(CCC(=O)O)cc1. The molecular weight excluding hydrogens is 290 g/mol. The Labute approximate surface area is 126 Å². The Balaban J connectivity index is 2.00. The molecule has 21 heavy (non-hydrogen) atoms. The number of carboxylic acid groups (broad SMARTS) is 1. The van der Waals surface area contributed by atoms with Gasteiger partial charge in [-0.2, -0.15) is 0 Å². The number of amides is 1. The molecule has 0 aliphatic heterocycles. The highest BCUT2D eigenvalue weighted by Crippen LogP contribution is 2.16. The molecule has 1 aromatic heterocycles. The fourth-order valence-electron chi connectivity index (χ4n) is 1.81. The predicted octanol–water partition coefficient (Wildman–Crippen LogP) is 2.37. The Hall–Kier alpha value is -2.28. The second-order valence-electron chi connectivity index (χ2n) is 4.45. The van der Waals surface area contributed by atoms with Gasteiger partial charge in [0.15, 0.2) is 0 Å². The maximum absolute atomic E-state index is 12.1. The van der Waals surface area contributed by atoms with Crippen LogP contribution in [0.25, 0.3) is 0 Å². The van der Waals surface area contributed by atoms with Crippen LogP contribution < -0.4 is 5.32 Å². The quantitative estimate of drug-likeness (QED) is 0.854. The average molecular weight is 305 g/mol. The number of carbonyl (C=O) groups is 2. The summed E-state index contributed by atoms with van der Waals surface area (Å²) in [5.74, 6) is -1.04. The minimum Gasteiger partial charge on any atom is -0.481 e. The summed E-state index contributed by atoms with van der Waals surface area (Å²) in [6.45, 7) is 1.92. The van der Waals surface area contributed by atoms with E-state index in [9.17, 15) is 9.59 Å². The summed E-state index contributed by atoms with van der Waals surface area (Å²) in [5.41, 5.74) is 2.27. The minimum atomic E-state index is -0.822. The number of hydrogen-bond acceptors (Lipinski definition) is 5. The van der Waals surface area contributed by atoms with Crippen molar-refractivity contribution in [3.8, 4) is 0 Å². The first-order chi connectivity index (χ1) is 10.1. The third-order valence-electron chi connectivity index (χ3n) is 2.94. The monoisotopic (exact) mass is 305 g/mol. The molecule has 2 aromatic rings. The van der Waals surface area contributed by atoms with Crippen molar-refractivity contribution >= 4 is 29.1 Å². The fourth-order valence-corrected chi connectivity index (χ4v) is 2.45. The number of nitrogens with zero attached hydrogens (tertiary/aromatic N) is 2. The lowest BCUT2D eigenvalue weighted by Gasteiger charge is -2.05. The number of aliphatic carboxylic acids is 1. The van der Waals surface area contributed by atoms with Crippen molar-refractivity contribution in [2.45, 2.75) is 26.2 Å². The molecule has 0 aliphatic carbocycles. The van der Waals surface area contributed by atoms with E-state index in [-0.39, 0.29) is 12.3 Å². The molecule has 0 radical (unpaired) electrons. The van der Waals surface area contributed by atoms with E-state index in [1.54, 1.807) is 12.1 Å². The van der Waals surface area contributed by atoms with Gasteiger partial charge in [-0.05, 0) is 42.1 Å². The molecule has 0 atom stereocenters. The second-order valence-corrected chi connectivity index (χ2v) is 5.20. The molecule has 0 spiro atoms. The van der Waals surface area contributed by atoms with E-state index in [1.807, 2.05) is 19.1 Å². The molecule has 0 saturated heterocycles. The number of carboxylic acids is 1. The summed E-state index contributed by atoms with van der Waals surface area (Å²) in [6, 6.07) is 7.14. The predicted molar refractivity (Wildman–Crippen MR) is 79.6 cm³/mol. The topological polar surface area (TPSA) is 92.2 Å². The van der Waals surface area contributed by atoms with Crippen LogP contribution in [0.3, 0.4) is 0 Å². The number of aromatic nitrogens is 2. The van der Waals surface area contributed by atoms with E-state index in [4.69, 9.17) is 5.11 Å².